The Morgan fingerprint density at radius 3 is 2.32 bits per heavy atom. The van der Waals surface area contributed by atoms with Crippen LogP contribution in [-0.4, -0.2) is 72.4 Å². The fourth-order valence-corrected chi connectivity index (χ4v) is 6.02. The number of hydrogen-bond acceptors (Lipinski definition) is 10. The molecule has 37 heavy (non-hydrogen) atoms. The van der Waals surface area contributed by atoms with E-state index in [-0.39, 0.29) is 23.7 Å². The molecule has 1 fully saturated rings. The Bertz CT molecular complexity index is 1310. The molecule has 1 aliphatic heterocycles. The van der Waals surface area contributed by atoms with Gasteiger partial charge >= 0.3 is 0 Å². The van der Waals surface area contributed by atoms with E-state index < -0.39 is 26.9 Å². The predicted molar refractivity (Wildman–Crippen MR) is 136 cm³/mol. The summed E-state index contributed by atoms with van der Waals surface area (Å²) in [5, 5.41) is 8.12. The SMILES string of the molecule is COc1cccc(OC)c1-n1c(CS(=O)(=O)[C@@H](C)[C@H](OC)c2ncc(Cl)cn2)nnc1[C@H]1CCO[C@@H]1C. The Balaban J connectivity index is 1.80. The Kier molecular flexibility index (Phi) is 8.32. The smallest absolute Gasteiger partial charge is 0.163 e. The molecule has 0 bridgehead atoms. The first-order valence-electron chi connectivity index (χ1n) is 11.7. The number of hydrogen-bond donors (Lipinski definition) is 0. The number of rotatable bonds is 10. The maximum Gasteiger partial charge on any atom is 0.163 e. The van der Waals surface area contributed by atoms with E-state index in [0.717, 1.165) is 6.42 Å². The van der Waals surface area contributed by atoms with E-state index in [1.807, 2.05) is 6.92 Å². The molecule has 0 unspecified atom stereocenters. The van der Waals surface area contributed by atoms with E-state index in [4.69, 9.17) is 30.5 Å². The zero-order chi connectivity index (χ0) is 26.7. The number of methoxy groups -OCH3 is 3. The molecule has 200 valence electrons. The summed E-state index contributed by atoms with van der Waals surface area (Å²) in [5.74, 6) is 1.48. The highest BCUT2D eigenvalue weighted by atomic mass is 35.5. The zero-order valence-corrected chi connectivity index (χ0v) is 22.9. The van der Waals surface area contributed by atoms with Gasteiger partial charge in [0.05, 0.1) is 30.6 Å². The van der Waals surface area contributed by atoms with Crippen molar-refractivity contribution in [2.24, 2.45) is 0 Å². The van der Waals surface area contributed by atoms with Crippen molar-refractivity contribution in [3.05, 3.63) is 53.1 Å². The molecule has 4 atom stereocenters. The molecule has 3 aromatic rings. The summed E-state index contributed by atoms with van der Waals surface area (Å²) < 4.78 is 51.6. The first-order chi connectivity index (χ1) is 17.7. The second kappa shape index (κ2) is 11.3. The minimum Gasteiger partial charge on any atom is -0.494 e. The van der Waals surface area contributed by atoms with Crippen molar-refractivity contribution in [2.45, 2.75) is 49.4 Å². The van der Waals surface area contributed by atoms with Crippen LogP contribution < -0.4 is 9.47 Å². The first-order valence-corrected chi connectivity index (χ1v) is 13.8. The molecule has 11 nitrogen and oxygen atoms in total. The molecular weight excluding hydrogens is 522 g/mol. The Hall–Kier alpha value is -2.80. The third-order valence-electron chi connectivity index (χ3n) is 6.56. The van der Waals surface area contributed by atoms with Crippen LogP contribution in [0.4, 0.5) is 0 Å². The number of para-hydroxylation sites is 1. The van der Waals surface area contributed by atoms with E-state index in [1.165, 1.54) is 33.7 Å². The lowest BCUT2D eigenvalue weighted by atomic mass is 10.0. The van der Waals surface area contributed by atoms with Crippen LogP contribution in [0, 0.1) is 0 Å². The van der Waals surface area contributed by atoms with E-state index in [2.05, 4.69) is 20.2 Å². The lowest BCUT2D eigenvalue weighted by Crippen LogP contribution is -2.30. The lowest BCUT2D eigenvalue weighted by molar-refractivity contribution is 0.0948. The monoisotopic (exact) mass is 551 g/mol. The number of benzene rings is 1. The van der Waals surface area contributed by atoms with Crippen LogP contribution in [0.2, 0.25) is 5.02 Å². The molecule has 0 N–H and O–H groups in total. The van der Waals surface area contributed by atoms with E-state index >= 15 is 0 Å². The van der Waals surface area contributed by atoms with Gasteiger partial charge in [-0.3, -0.25) is 4.57 Å². The van der Waals surface area contributed by atoms with Gasteiger partial charge in [0.2, 0.25) is 0 Å². The van der Waals surface area contributed by atoms with Gasteiger partial charge < -0.3 is 18.9 Å². The molecule has 1 aromatic carbocycles. The molecule has 4 rings (SSSR count). The number of ether oxygens (including phenoxy) is 4. The van der Waals surface area contributed by atoms with Crippen LogP contribution in [0.25, 0.3) is 5.69 Å². The molecule has 2 aromatic heterocycles. The second-order valence-corrected chi connectivity index (χ2v) is 11.5. The van der Waals surface area contributed by atoms with Gasteiger partial charge in [-0.15, -0.1) is 10.2 Å². The number of nitrogens with zero attached hydrogens (tertiary/aromatic N) is 5. The summed E-state index contributed by atoms with van der Waals surface area (Å²) >= 11 is 5.90. The van der Waals surface area contributed by atoms with Gasteiger partial charge in [0, 0.05) is 32.0 Å². The van der Waals surface area contributed by atoms with Crippen molar-refractivity contribution in [3.8, 4) is 17.2 Å². The minimum absolute atomic E-state index is 0.0924. The molecule has 0 amide bonds. The molecule has 0 radical (unpaired) electrons. The van der Waals surface area contributed by atoms with Gasteiger partial charge in [0.25, 0.3) is 0 Å². The van der Waals surface area contributed by atoms with Crippen molar-refractivity contribution in [3.63, 3.8) is 0 Å². The quantitative estimate of drug-likeness (QED) is 0.370. The summed E-state index contributed by atoms with van der Waals surface area (Å²) in [6.07, 6.45) is 2.49. The molecule has 0 saturated carbocycles. The van der Waals surface area contributed by atoms with Gasteiger partial charge in [0.15, 0.2) is 21.5 Å². The maximum absolute atomic E-state index is 13.7. The Morgan fingerprint density at radius 1 is 1.14 bits per heavy atom. The molecule has 0 aliphatic carbocycles. The summed E-state index contributed by atoms with van der Waals surface area (Å²) in [7, 11) is 0.641. The molecule has 3 heterocycles. The van der Waals surface area contributed by atoms with E-state index in [0.29, 0.717) is 34.6 Å². The van der Waals surface area contributed by atoms with Crippen molar-refractivity contribution in [1.82, 2.24) is 24.7 Å². The third-order valence-corrected chi connectivity index (χ3v) is 8.80. The lowest BCUT2D eigenvalue weighted by Gasteiger charge is -2.23. The highest BCUT2D eigenvalue weighted by molar-refractivity contribution is 7.91. The zero-order valence-electron chi connectivity index (χ0n) is 21.3. The van der Waals surface area contributed by atoms with Crippen LogP contribution >= 0.6 is 11.6 Å². The summed E-state index contributed by atoms with van der Waals surface area (Å²) in [4.78, 5) is 8.31. The van der Waals surface area contributed by atoms with Crippen LogP contribution in [0.1, 0.15) is 49.8 Å². The topological polar surface area (TPSA) is 128 Å². The van der Waals surface area contributed by atoms with Crippen LogP contribution in [0.15, 0.2) is 30.6 Å². The van der Waals surface area contributed by atoms with Crippen molar-refractivity contribution in [2.75, 3.05) is 27.9 Å². The molecular formula is C24H30ClN5O6S. The second-order valence-electron chi connectivity index (χ2n) is 8.72. The average molecular weight is 552 g/mol. The van der Waals surface area contributed by atoms with Gasteiger partial charge in [-0.05, 0) is 32.4 Å². The molecule has 1 aliphatic rings. The first kappa shape index (κ1) is 27.2. The third kappa shape index (κ3) is 5.42. The molecule has 13 heteroatoms. The normalized spacial score (nSPS) is 19.5. The van der Waals surface area contributed by atoms with Gasteiger partial charge in [0.1, 0.15) is 34.9 Å². The number of aromatic nitrogens is 5. The standard InChI is InChI=1S/C24H30ClN5O6S/c1-14-17(9-10-36-14)24-29-28-20(30(24)21-18(33-3)7-6-8-19(21)34-4)13-37(31,32)15(2)22(35-5)23-26-11-16(25)12-27-23/h6-8,11-12,14-15,17,22H,9-10,13H2,1-5H3/t14-,15+,17+,22+/m1/s1. The highest BCUT2D eigenvalue weighted by Gasteiger charge is 2.37. The van der Waals surface area contributed by atoms with Gasteiger partial charge in [-0.25, -0.2) is 18.4 Å². The van der Waals surface area contributed by atoms with Crippen LogP contribution in [-0.2, 0) is 25.1 Å². The van der Waals surface area contributed by atoms with E-state index in [1.54, 1.807) is 29.7 Å². The molecule has 0 spiro atoms. The Labute approximate surface area is 221 Å². The Morgan fingerprint density at radius 2 is 1.78 bits per heavy atom. The van der Waals surface area contributed by atoms with Crippen molar-refractivity contribution < 1.29 is 27.4 Å². The summed E-state index contributed by atoms with van der Waals surface area (Å²) in [5.41, 5.74) is 0.522. The molecule has 1 saturated heterocycles. The van der Waals surface area contributed by atoms with Gasteiger partial charge in [-0.2, -0.15) is 0 Å². The average Bonchev–Trinajstić information content (AvgIpc) is 3.49. The fraction of sp³-hybridized carbons (Fsp3) is 0.500. The van der Waals surface area contributed by atoms with Crippen LogP contribution in [0.5, 0.6) is 11.5 Å². The number of sulfone groups is 1. The van der Waals surface area contributed by atoms with Gasteiger partial charge in [-0.1, -0.05) is 17.7 Å². The maximum atomic E-state index is 13.7. The number of halogens is 1. The van der Waals surface area contributed by atoms with Crippen LogP contribution in [0.3, 0.4) is 0 Å². The predicted octanol–water partition coefficient (Wildman–Crippen LogP) is 3.31. The summed E-state index contributed by atoms with van der Waals surface area (Å²) in [6, 6.07) is 5.34. The van der Waals surface area contributed by atoms with Crippen molar-refractivity contribution >= 4 is 21.4 Å². The fourth-order valence-electron chi connectivity index (χ4n) is 4.51. The summed E-state index contributed by atoms with van der Waals surface area (Å²) in [6.45, 7) is 4.09. The largest absolute Gasteiger partial charge is 0.494 e. The highest BCUT2D eigenvalue weighted by Crippen LogP contribution is 2.39. The van der Waals surface area contributed by atoms with Crippen molar-refractivity contribution in [1.29, 1.82) is 0 Å². The van der Waals surface area contributed by atoms with E-state index in [9.17, 15) is 8.42 Å². The minimum atomic E-state index is -3.85.